The lowest BCUT2D eigenvalue weighted by Crippen LogP contribution is -1.95. The summed E-state index contributed by atoms with van der Waals surface area (Å²) >= 11 is 7.30. The Kier molecular flexibility index (Phi) is 4.01. The van der Waals surface area contributed by atoms with Gasteiger partial charge in [-0.1, -0.05) is 29.4 Å². The van der Waals surface area contributed by atoms with Crippen LogP contribution in [0.25, 0.3) is 11.3 Å². The molecule has 0 spiro atoms. The van der Waals surface area contributed by atoms with E-state index in [-0.39, 0.29) is 5.69 Å². The highest BCUT2D eigenvalue weighted by atomic mass is 35.5. The fourth-order valence-electron chi connectivity index (χ4n) is 1.63. The van der Waals surface area contributed by atoms with Gasteiger partial charge in [0.2, 0.25) is 0 Å². The first-order valence-corrected chi connectivity index (χ1v) is 6.95. The van der Waals surface area contributed by atoms with E-state index in [9.17, 15) is 10.1 Å². The molecule has 0 aliphatic heterocycles. The third-order valence-electron chi connectivity index (χ3n) is 2.56. The molecule has 0 atom stereocenters. The van der Waals surface area contributed by atoms with Gasteiger partial charge in [0, 0.05) is 23.8 Å². The SMILES string of the molecule is CSc1nc(Cl)cc(-c2cc([N+](=O)[O-])ccc2C)n1. The van der Waals surface area contributed by atoms with Crippen molar-refractivity contribution in [2.45, 2.75) is 12.1 Å². The van der Waals surface area contributed by atoms with E-state index in [2.05, 4.69) is 9.97 Å². The second-order valence-electron chi connectivity index (χ2n) is 3.82. The highest BCUT2D eigenvalue weighted by Crippen LogP contribution is 2.28. The van der Waals surface area contributed by atoms with Crippen LogP contribution in [0.15, 0.2) is 29.4 Å². The van der Waals surface area contributed by atoms with Crippen molar-refractivity contribution in [3.05, 3.63) is 45.1 Å². The van der Waals surface area contributed by atoms with Crippen LogP contribution in [-0.2, 0) is 0 Å². The molecule has 0 amide bonds. The van der Waals surface area contributed by atoms with Crippen LogP contribution in [0, 0.1) is 17.0 Å². The summed E-state index contributed by atoms with van der Waals surface area (Å²) in [6.45, 7) is 1.87. The van der Waals surface area contributed by atoms with E-state index in [0.717, 1.165) is 5.56 Å². The molecule has 0 saturated heterocycles. The predicted molar refractivity (Wildman–Crippen MR) is 75.7 cm³/mol. The fraction of sp³-hybridized carbons (Fsp3) is 0.167. The normalized spacial score (nSPS) is 10.5. The molecule has 0 bridgehead atoms. The number of non-ortho nitro benzene ring substituents is 1. The first-order valence-electron chi connectivity index (χ1n) is 5.35. The molecule has 19 heavy (non-hydrogen) atoms. The summed E-state index contributed by atoms with van der Waals surface area (Å²) in [5.74, 6) is 0. The first-order chi connectivity index (χ1) is 9.01. The largest absolute Gasteiger partial charge is 0.270 e. The Hall–Kier alpha value is -1.66. The van der Waals surface area contributed by atoms with Crippen LogP contribution in [0.3, 0.4) is 0 Å². The third kappa shape index (κ3) is 3.02. The predicted octanol–water partition coefficient (Wildman–Crippen LogP) is 3.74. The molecule has 0 fully saturated rings. The Morgan fingerprint density at radius 1 is 1.32 bits per heavy atom. The van der Waals surface area contributed by atoms with E-state index in [1.165, 1.54) is 23.9 Å². The topological polar surface area (TPSA) is 68.9 Å². The van der Waals surface area contributed by atoms with Crippen molar-refractivity contribution in [1.82, 2.24) is 9.97 Å². The summed E-state index contributed by atoms with van der Waals surface area (Å²) in [4.78, 5) is 18.8. The van der Waals surface area contributed by atoms with Crippen LogP contribution in [0.5, 0.6) is 0 Å². The number of halogens is 1. The Morgan fingerprint density at radius 2 is 2.05 bits per heavy atom. The van der Waals surface area contributed by atoms with Crippen molar-refractivity contribution in [3.63, 3.8) is 0 Å². The maximum atomic E-state index is 10.8. The molecular weight excluding hydrogens is 286 g/mol. The number of nitro benzene ring substituents is 1. The average Bonchev–Trinajstić information content (AvgIpc) is 2.38. The lowest BCUT2D eigenvalue weighted by Gasteiger charge is -2.06. The number of nitro groups is 1. The molecular formula is C12H10ClN3O2S. The summed E-state index contributed by atoms with van der Waals surface area (Å²) in [5, 5.41) is 11.7. The number of aryl methyl sites for hydroxylation is 1. The molecule has 1 aromatic carbocycles. The molecule has 7 heteroatoms. The van der Waals surface area contributed by atoms with Gasteiger partial charge in [0.25, 0.3) is 5.69 Å². The zero-order valence-electron chi connectivity index (χ0n) is 10.3. The molecule has 98 valence electrons. The van der Waals surface area contributed by atoms with Gasteiger partial charge in [-0.25, -0.2) is 9.97 Å². The maximum Gasteiger partial charge on any atom is 0.270 e. The molecule has 2 aromatic rings. The monoisotopic (exact) mass is 295 g/mol. The number of rotatable bonds is 3. The Morgan fingerprint density at radius 3 is 2.68 bits per heavy atom. The van der Waals surface area contributed by atoms with E-state index in [4.69, 9.17) is 11.6 Å². The zero-order chi connectivity index (χ0) is 14.0. The average molecular weight is 296 g/mol. The Balaban J connectivity index is 2.60. The van der Waals surface area contributed by atoms with Crippen LogP contribution < -0.4 is 0 Å². The minimum atomic E-state index is -0.429. The van der Waals surface area contributed by atoms with Gasteiger partial charge in [0.05, 0.1) is 10.6 Å². The van der Waals surface area contributed by atoms with Crippen LogP contribution in [0.1, 0.15) is 5.56 Å². The number of nitrogens with zero attached hydrogens (tertiary/aromatic N) is 3. The lowest BCUT2D eigenvalue weighted by molar-refractivity contribution is -0.384. The molecule has 0 unspecified atom stereocenters. The van der Waals surface area contributed by atoms with Gasteiger partial charge >= 0.3 is 0 Å². The molecule has 5 nitrogen and oxygen atoms in total. The maximum absolute atomic E-state index is 10.8. The second-order valence-corrected chi connectivity index (χ2v) is 4.98. The van der Waals surface area contributed by atoms with Gasteiger partial charge in [-0.3, -0.25) is 10.1 Å². The number of thioether (sulfide) groups is 1. The van der Waals surface area contributed by atoms with Crippen LogP contribution in [0.2, 0.25) is 5.15 Å². The smallest absolute Gasteiger partial charge is 0.258 e. The summed E-state index contributed by atoms with van der Waals surface area (Å²) in [5.41, 5.74) is 2.20. The van der Waals surface area contributed by atoms with Crippen molar-refractivity contribution in [2.75, 3.05) is 6.26 Å². The quantitative estimate of drug-likeness (QED) is 0.284. The fourth-order valence-corrected chi connectivity index (χ4v) is 2.24. The van der Waals surface area contributed by atoms with Gasteiger partial charge in [-0.05, 0) is 18.7 Å². The van der Waals surface area contributed by atoms with Crippen molar-refractivity contribution >= 4 is 29.1 Å². The minimum absolute atomic E-state index is 0.0287. The van der Waals surface area contributed by atoms with Crippen molar-refractivity contribution in [3.8, 4) is 11.3 Å². The van der Waals surface area contributed by atoms with Crippen LogP contribution in [-0.4, -0.2) is 21.1 Å². The highest BCUT2D eigenvalue weighted by Gasteiger charge is 2.13. The van der Waals surface area contributed by atoms with Gasteiger partial charge in [-0.2, -0.15) is 0 Å². The van der Waals surface area contributed by atoms with E-state index >= 15 is 0 Å². The van der Waals surface area contributed by atoms with E-state index in [0.29, 0.717) is 21.6 Å². The number of aromatic nitrogens is 2. The first kappa shape index (κ1) is 13.8. The molecule has 1 heterocycles. The van der Waals surface area contributed by atoms with E-state index < -0.39 is 4.92 Å². The molecule has 0 radical (unpaired) electrons. The molecule has 2 rings (SSSR count). The summed E-state index contributed by atoms with van der Waals surface area (Å²) in [7, 11) is 0. The third-order valence-corrected chi connectivity index (χ3v) is 3.31. The second kappa shape index (κ2) is 5.54. The van der Waals surface area contributed by atoms with Crippen LogP contribution in [0.4, 0.5) is 5.69 Å². The lowest BCUT2D eigenvalue weighted by atomic mass is 10.0. The van der Waals surface area contributed by atoms with E-state index in [1.807, 2.05) is 13.2 Å². The van der Waals surface area contributed by atoms with Crippen molar-refractivity contribution in [2.24, 2.45) is 0 Å². The van der Waals surface area contributed by atoms with E-state index in [1.54, 1.807) is 12.1 Å². The molecule has 1 aromatic heterocycles. The number of hydrogen-bond acceptors (Lipinski definition) is 5. The standard InChI is InChI=1S/C12H10ClN3O2S/c1-7-3-4-8(16(17)18)5-9(7)10-6-11(13)15-12(14-10)19-2/h3-6H,1-2H3. The molecule has 0 aliphatic rings. The summed E-state index contributed by atoms with van der Waals surface area (Å²) in [6, 6.07) is 6.27. The van der Waals surface area contributed by atoms with Gasteiger partial charge in [-0.15, -0.1) is 0 Å². The zero-order valence-corrected chi connectivity index (χ0v) is 11.8. The molecule has 0 N–H and O–H groups in total. The van der Waals surface area contributed by atoms with Crippen LogP contribution >= 0.6 is 23.4 Å². The van der Waals surface area contributed by atoms with Gasteiger partial charge < -0.3 is 0 Å². The van der Waals surface area contributed by atoms with Crippen molar-refractivity contribution < 1.29 is 4.92 Å². The van der Waals surface area contributed by atoms with Gasteiger partial charge in [0.1, 0.15) is 5.15 Å². The minimum Gasteiger partial charge on any atom is -0.258 e. The summed E-state index contributed by atoms with van der Waals surface area (Å²) in [6.07, 6.45) is 1.84. The number of benzene rings is 1. The van der Waals surface area contributed by atoms with Crippen molar-refractivity contribution in [1.29, 1.82) is 0 Å². The molecule has 0 saturated carbocycles. The summed E-state index contributed by atoms with van der Waals surface area (Å²) < 4.78 is 0. The number of hydrogen-bond donors (Lipinski definition) is 0. The highest BCUT2D eigenvalue weighted by molar-refractivity contribution is 7.98. The Bertz CT molecular complexity index is 649. The van der Waals surface area contributed by atoms with Gasteiger partial charge in [0.15, 0.2) is 5.16 Å². The Labute approximate surface area is 119 Å². The molecule has 0 aliphatic carbocycles.